The molecule has 9 nitrogen and oxygen atoms in total. The van der Waals surface area contributed by atoms with E-state index in [9.17, 15) is 14.9 Å². The van der Waals surface area contributed by atoms with E-state index in [1.165, 1.54) is 18.2 Å². The first kappa shape index (κ1) is 20.5. The van der Waals surface area contributed by atoms with E-state index in [0.29, 0.717) is 21.6 Å². The summed E-state index contributed by atoms with van der Waals surface area (Å²) in [6.07, 6.45) is 0. The number of para-hydroxylation sites is 2. The lowest BCUT2D eigenvalue weighted by Crippen LogP contribution is -2.20. The molecule has 0 atom stereocenters. The number of nitrogens with zero attached hydrogens (tertiary/aromatic N) is 3. The van der Waals surface area contributed by atoms with Gasteiger partial charge < -0.3 is 9.15 Å². The van der Waals surface area contributed by atoms with Gasteiger partial charge in [0.1, 0.15) is 5.76 Å². The number of nitrogens with one attached hydrogen (secondary N) is 1. The van der Waals surface area contributed by atoms with Crippen LogP contribution in [0.15, 0.2) is 65.1 Å². The number of rotatable bonds is 7. The van der Waals surface area contributed by atoms with Crippen LogP contribution in [0.3, 0.4) is 0 Å². The number of carbonyl (C=O) groups is 1. The second-order valence-electron chi connectivity index (χ2n) is 6.12. The molecule has 0 bridgehead atoms. The van der Waals surface area contributed by atoms with Gasteiger partial charge in [-0.05, 0) is 30.3 Å². The van der Waals surface area contributed by atoms with Gasteiger partial charge in [-0.25, -0.2) is 0 Å². The fourth-order valence-electron chi connectivity index (χ4n) is 2.66. The summed E-state index contributed by atoms with van der Waals surface area (Å²) in [6.45, 7) is -0.419. The van der Waals surface area contributed by atoms with Gasteiger partial charge in [-0.2, -0.15) is 0 Å². The molecule has 0 fully saturated rings. The van der Waals surface area contributed by atoms with Gasteiger partial charge in [-0.1, -0.05) is 47.2 Å². The van der Waals surface area contributed by atoms with Crippen molar-refractivity contribution in [3.8, 4) is 27.8 Å². The normalized spacial score (nSPS) is 10.6. The zero-order valence-electron chi connectivity index (χ0n) is 15.6. The summed E-state index contributed by atoms with van der Waals surface area (Å²) >= 11 is 7.31. The maximum Gasteiger partial charge on any atom is 0.310 e. The molecule has 0 spiro atoms. The van der Waals surface area contributed by atoms with Crippen molar-refractivity contribution in [3.05, 3.63) is 75.8 Å². The summed E-state index contributed by atoms with van der Waals surface area (Å²) < 4.78 is 11.1. The third kappa shape index (κ3) is 4.71. The third-order valence-corrected chi connectivity index (χ3v) is 5.23. The van der Waals surface area contributed by atoms with Crippen molar-refractivity contribution in [1.29, 1.82) is 0 Å². The predicted molar refractivity (Wildman–Crippen MR) is 115 cm³/mol. The Morgan fingerprint density at radius 3 is 2.65 bits per heavy atom. The number of hydrogen-bond donors (Lipinski definition) is 1. The Hall–Kier alpha value is -3.76. The molecule has 0 radical (unpaired) electrons. The first-order valence-corrected chi connectivity index (χ1v) is 10.1. The highest BCUT2D eigenvalue weighted by molar-refractivity contribution is 7.18. The lowest BCUT2D eigenvalue weighted by molar-refractivity contribution is -0.385. The molecule has 156 valence electrons. The second-order valence-corrected chi connectivity index (χ2v) is 7.50. The highest BCUT2D eigenvalue weighted by Gasteiger charge is 2.17. The van der Waals surface area contributed by atoms with Crippen LogP contribution in [-0.4, -0.2) is 27.6 Å². The fraction of sp³-hybridized carbons (Fsp3) is 0.0500. The molecule has 0 saturated carbocycles. The molecule has 1 amide bonds. The lowest BCUT2D eigenvalue weighted by Gasteiger charge is -2.05. The van der Waals surface area contributed by atoms with E-state index in [4.69, 9.17) is 20.8 Å². The highest BCUT2D eigenvalue weighted by Crippen LogP contribution is 2.34. The van der Waals surface area contributed by atoms with Crippen LogP contribution in [0.1, 0.15) is 0 Å². The zero-order valence-corrected chi connectivity index (χ0v) is 17.2. The van der Waals surface area contributed by atoms with Crippen LogP contribution in [0.4, 0.5) is 10.8 Å². The van der Waals surface area contributed by atoms with Crippen molar-refractivity contribution in [2.24, 2.45) is 0 Å². The SMILES string of the molecule is O=C(COc1ccccc1[N+](=O)[O-])Nc1nnc(-c2ccc(-c3ccccc3Cl)o2)s1. The molecule has 4 rings (SSSR count). The number of halogens is 1. The summed E-state index contributed by atoms with van der Waals surface area (Å²) in [7, 11) is 0. The van der Waals surface area contributed by atoms with Crippen molar-refractivity contribution in [1.82, 2.24) is 10.2 Å². The fourth-order valence-corrected chi connectivity index (χ4v) is 3.61. The molecule has 11 heteroatoms. The van der Waals surface area contributed by atoms with Crippen molar-refractivity contribution in [2.75, 3.05) is 11.9 Å². The quantitative estimate of drug-likeness (QED) is 0.305. The van der Waals surface area contributed by atoms with Gasteiger partial charge in [0.25, 0.3) is 5.91 Å². The highest BCUT2D eigenvalue weighted by atomic mass is 35.5. The number of benzene rings is 2. The number of hydrogen-bond acceptors (Lipinski definition) is 8. The lowest BCUT2D eigenvalue weighted by atomic mass is 10.2. The van der Waals surface area contributed by atoms with E-state index in [0.717, 1.165) is 16.9 Å². The van der Waals surface area contributed by atoms with Crippen LogP contribution < -0.4 is 10.1 Å². The molecule has 2 aromatic heterocycles. The monoisotopic (exact) mass is 456 g/mol. The minimum Gasteiger partial charge on any atom is -0.477 e. The van der Waals surface area contributed by atoms with Crippen molar-refractivity contribution in [2.45, 2.75) is 0 Å². The van der Waals surface area contributed by atoms with E-state index in [2.05, 4.69) is 15.5 Å². The molecule has 2 heterocycles. The minimum absolute atomic E-state index is 0.00305. The molecule has 2 aromatic carbocycles. The van der Waals surface area contributed by atoms with Crippen LogP contribution >= 0.6 is 22.9 Å². The van der Waals surface area contributed by atoms with Crippen LogP contribution in [0.5, 0.6) is 5.75 Å². The maximum atomic E-state index is 12.1. The van der Waals surface area contributed by atoms with Crippen LogP contribution in [0.2, 0.25) is 5.02 Å². The van der Waals surface area contributed by atoms with Gasteiger partial charge in [-0.3, -0.25) is 20.2 Å². The van der Waals surface area contributed by atoms with Crippen molar-refractivity contribution < 1.29 is 18.9 Å². The minimum atomic E-state index is -0.579. The Morgan fingerprint density at radius 1 is 1.10 bits per heavy atom. The Labute approximate surface area is 184 Å². The largest absolute Gasteiger partial charge is 0.477 e. The van der Waals surface area contributed by atoms with Crippen LogP contribution in [-0.2, 0) is 4.79 Å². The average Bonchev–Trinajstić information content (AvgIpc) is 3.42. The van der Waals surface area contributed by atoms with E-state index < -0.39 is 17.4 Å². The first-order chi connectivity index (χ1) is 15.0. The van der Waals surface area contributed by atoms with Gasteiger partial charge in [0.15, 0.2) is 23.1 Å². The molecular weight excluding hydrogens is 444 g/mol. The summed E-state index contributed by atoms with van der Waals surface area (Å²) in [6, 6.07) is 16.6. The van der Waals surface area contributed by atoms with Gasteiger partial charge >= 0.3 is 5.69 Å². The van der Waals surface area contributed by atoms with Crippen molar-refractivity contribution >= 4 is 39.7 Å². The number of aromatic nitrogens is 2. The number of ether oxygens (including phenoxy) is 1. The Balaban J connectivity index is 1.40. The number of nitro groups is 1. The van der Waals surface area contributed by atoms with E-state index in [1.54, 1.807) is 24.3 Å². The molecular formula is C20H13ClN4O5S. The number of nitro benzene ring substituents is 1. The number of amides is 1. The zero-order chi connectivity index (χ0) is 21.8. The van der Waals surface area contributed by atoms with Crippen LogP contribution in [0.25, 0.3) is 22.1 Å². The van der Waals surface area contributed by atoms with E-state index >= 15 is 0 Å². The van der Waals surface area contributed by atoms with E-state index in [1.807, 2.05) is 18.2 Å². The van der Waals surface area contributed by atoms with Gasteiger partial charge in [0.05, 0.1) is 9.95 Å². The third-order valence-electron chi connectivity index (χ3n) is 4.05. The smallest absolute Gasteiger partial charge is 0.310 e. The Kier molecular flexibility index (Phi) is 5.92. The Morgan fingerprint density at radius 2 is 1.84 bits per heavy atom. The number of furan rings is 1. The topological polar surface area (TPSA) is 120 Å². The number of anilines is 1. The molecule has 0 aliphatic heterocycles. The first-order valence-electron chi connectivity index (χ1n) is 8.86. The van der Waals surface area contributed by atoms with Gasteiger partial charge in [0.2, 0.25) is 5.13 Å². The second kappa shape index (κ2) is 8.94. The molecule has 4 aromatic rings. The summed E-state index contributed by atoms with van der Waals surface area (Å²) in [4.78, 5) is 22.6. The van der Waals surface area contributed by atoms with Gasteiger partial charge in [0, 0.05) is 11.6 Å². The Bertz CT molecular complexity index is 1260. The maximum absolute atomic E-state index is 12.1. The molecule has 0 aliphatic rings. The van der Waals surface area contributed by atoms with Crippen molar-refractivity contribution in [3.63, 3.8) is 0 Å². The standard InChI is InChI=1S/C20H13ClN4O5S/c21-13-6-2-1-5-12(13)15-9-10-17(30-15)19-23-24-20(31-19)22-18(26)11-29-16-8-4-3-7-14(16)25(27)28/h1-10H,11H2,(H,22,24,26). The summed E-state index contributed by atoms with van der Waals surface area (Å²) in [5.74, 6) is 0.531. The van der Waals surface area contributed by atoms with Gasteiger partial charge in [-0.15, -0.1) is 10.2 Å². The summed E-state index contributed by atoms with van der Waals surface area (Å²) in [5, 5.41) is 22.8. The molecule has 0 unspecified atom stereocenters. The summed E-state index contributed by atoms with van der Waals surface area (Å²) in [5.41, 5.74) is 0.529. The average molecular weight is 457 g/mol. The number of carbonyl (C=O) groups excluding carboxylic acids is 1. The molecule has 0 aliphatic carbocycles. The molecule has 0 saturated heterocycles. The molecule has 31 heavy (non-hydrogen) atoms. The van der Waals surface area contributed by atoms with Crippen LogP contribution in [0, 0.1) is 10.1 Å². The molecule has 1 N–H and O–H groups in total. The predicted octanol–water partition coefficient (Wildman–Crippen LogP) is 5.04. The van der Waals surface area contributed by atoms with E-state index in [-0.39, 0.29) is 16.6 Å².